The number of hydrogen-bond acceptors (Lipinski definition) is 5. The molecule has 3 N–H and O–H groups in total. The van der Waals surface area contributed by atoms with Crippen LogP contribution in [0.25, 0.3) is 0 Å². The van der Waals surface area contributed by atoms with Gasteiger partial charge in [-0.2, -0.15) is 0 Å². The van der Waals surface area contributed by atoms with Gasteiger partial charge in [0.05, 0.1) is 31.9 Å². The van der Waals surface area contributed by atoms with Gasteiger partial charge in [0.2, 0.25) is 0 Å². The monoisotopic (exact) mass is 520 g/mol. The highest BCUT2D eigenvalue weighted by molar-refractivity contribution is 14.0. The van der Waals surface area contributed by atoms with E-state index in [0.29, 0.717) is 32.2 Å². The van der Waals surface area contributed by atoms with E-state index in [0.717, 1.165) is 38.6 Å². The predicted molar refractivity (Wildman–Crippen MR) is 129 cm³/mol. The van der Waals surface area contributed by atoms with Crippen LogP contribution in [0.2, 0.25) is 0 Å². The van der Waals surface area contributed by atoms with Gasteiger partial charge in [-0.15, -0.1) is 24.0 Å². The second-order valence-electron chi connectivity index (χ2n) is 7.68. The van der Waals surface area contributed by atoms with Gasteiger partial charge in [0.15, 0.2) is 5.96 Å². The first-order chi connectivity index (χ1) is 13.4. The number of hydrogen-bond donors (Lipinski definition) is 3. The number of aryl methyl sites for hydroxylation is 2. The number of rotatable bonds is 9. The van der Waals surface area contributed by atoms with Crippen molar-refractivity contribution in [1.82, 2.24) is 15.5 Å². The number of nitrogens with one attached hydrogen (secondary N) is 2. The largest absolute Gasteiger partial charge is 0.492 e. The molecule has 1 heterocycles. The van der Waals surface area contributed by atoms with Gasteiger partial charge in [-0.05, 0) is 51.0 Å². The molecule has 1 unspecified atom stereocenters. The topological polar surface area (TPSA) is 78.4 Å². The molecule has 0 radical (unpaired) electrons. The summed E-state index contributed by atoms with van der Waals surface area (Å²) in [5.74, 6) is 1.57. The van der Waals surface area contributed by atoms with Crippen molar-refractivity contribution in [2.45, 2.75) is 33.3 Å². The lowest BCUT2D eigenvalue weighted by atomic mass is 10.1. The molecule has 1 saturated heterocycles. The van der Waals surface area contributed by atoms with E-state index in [9.17, 15) is 5.11 Å². The molecule has 1 aliphatic heterocycles. The minimum Gasteiger partial charge on any atom is -0.492 e. The summed E-state index contributed by atoms with van der Waals surface area (Å²) >= 11 is 0. The Morgan fingerprint density at radius 2 is 1.86 bits per heavy atom. The van der Waals surface area contributed by atoms with E-state index in [1.54, 1.807) is 0 Å². The normalized spacial score (nSPS) is 17.2. The van der Waals surface area contributed by atoms with Gasteiger partial charge in [-0.25, -0.2) is 0 Å². The van der Waals surface area contributed by atoms with Gasteiger partial charge in [0.25, 0.3) is 0 Å². The second kappa shape index (κ2) is 13.3. The fourth-order valence-electron chi connectivity index (χ4n) is 3.24. The smallest absolute Gasteiger partial charge is 0.191 e. The highest BCUT2D eigenvalue weighted by Gasteiger charge is 2.25. The molecule has 29 heavy (non-hydrogen) atoms. The Morgan fingerprint density at radius 3 is 2.48 bits per heavy atom. The van der Waals surface area contributed by atoms with Crippen LogP contribution >= 0.6 is 24.0 Å². The van der Waals surface area contributed by atoms with E-state index in [4.69, 9.17) is 9.47 Å². The summed E-state index contributed by atoms with van der Waals surface area (Å²) in [6.45, 7) is 14.0. The van der Waals surface area contributed by atoms with Gasteiger partial charge in [0, 0.05) is 26.2 Å². The van der Waals surface area contributed by atoms with Crippen LogP contribution < -0.4 is 15.4 Å². The quantitative estimate of drug-likeness (QED) is 0.200. The number of aliphatic hydroxyl groups is 1. The minimum atomic E-state index is -0.880. The molecule has 0 aliphatic carbocycles. The molecule has 166 valence electrons. The molecule has 0 bridgehead atoms. The predicted octanol–water partition coefficient (Wildman–Crippen LogP) is 1.94. The molecular weight excluding hydrogens is 483 g/mol. The summed E-state index contributed by atoms with van der Waals surface area (Å²) in [5.41, 5.74) is 1.51. The van der Waals surface area contributed by atoms with Crippen LogP contribution in [0.5, 0.6) is 5.75 Å². The Morgan fingerprint density at radius 1 is 1.21 bits per heavy atom. The average molecular weight is 520 g/mol. The molecule has 1 aromatic rings. The minimum absolute atomic E-state index is 0. The second-order valence-corrected chi connectivity index (χ2v) is 7.68. The standard InChI is InChI=1S/C21H36N4O3.HI/c1-5-22-20(23-6-9-28-19-13-17(2)12-18(3)14-19)24-15-21(4,26)16-25-7-10-27-11-8-25;/h12-14,26H,5-11,15-16H2,1-4H3,(H2,22,23,24);1H. The zero-order valence-corrected chi connectivity index (χ0v) is 20.5. The van der Waals surface area contributed by atoms with E-state index in [2.05, 4.69) is 40.4 Å². The molecule has 8 heteroatoms. The maximum Gasteiger partial charge on any atom is 0.191 e. The van der Waals surface area contributed by atoms with Crippen molar-refractivity contribution in [3.05, 3.63) is 29.3 Å². The number of halogens is 1. The van der Waals surface area contributed by atoms with Crippen molar-refractivity contribution < 1.29 is 14.6 Å². The molecule has 7 nitrogen and oxygen atoms in total. The number of ether oxygens (including phenoxy) is 2. The third-order valence-electron chi connectivity index (χ3n) is 4.45. The lowest BCUT2D eigenvalue weighted by molar-refractivity contribution is -0.0179. The Hall–Kier alpha value is -1.10. The molecule has 0 aromatic heterocycles. The van der Waals surface area contributed by atoms with Gasteiger partial charge >= 0.3 is 0 Å². The van der Waals surface area contributed by atoms with Gasteiger partial charge in [0.1, 0.15) is 12.4 Å². The lowest BCUT2D eigenvalue weighted by Gasteiger charge is -2.33. The molecule has 2 rings (SSSR count). The summed E-state index contributed by atoms with van der Waals surface area (Å²) < 4.78 is 11.2. The first kappa shape index (κ1) is 25.9. The Balaban J connectivity index is 0.00000420. The average Bonchev–Trinajstić information content (AvgIpc) is 2.63. The first-order valence-corrected chi connectivity index (χ1v) is 10.1. The Labute approximate surface area is 192 Å². The third-order valence-corrected chi connectivity index (χ3v) is 4.45. The van der Waals surface area contributed by atoms with E-state index in [-0.39, 0.29) is 24.0 Å². The van der Waals surface area contributed by atoms with Crippen molar-refractivity contribution >= 4 is 29.9 Å². The Kier molecular flexibility index (Phi) is 11.9. The van der Waals surface area contributed by atoms with Gasteiger partial charge < -0.3 is 25.2 Å². The van der Waals surface area contributed by atoms with E-state index >= 15 is 0 Å². The van der Waals surface area contributed by atoms with Crippen LogP contribution in [0.4, 0.5) is 0 Å². The van der Waals surface area contributed by atoms with Crippen molar-refractivity contribution in [2.75, 3.05) is 59.1 Å². The fraction of sp³-hybridized carbons (Fsp3) is 0.667. The highest BCUT2D eigenvalue weighted by Crippen LogP contribution is 2.15. The fourth-order valence-corrected chi connectivity index (χ4v) is 3.24. The number of nitrogens with zero attached hydrogens (tertiary/aromatic N) is 2. The molecule has 0 saturated carbocycles. The summed E-state index contributed by atoms with van der Waals surface area (Å²) in [4.78, 5) is 6.77. The van der Waals surface area contributed by atoms with E-state index in [1.165, 1.54) is 11.1 Å². The highest BCUT2D eigenvalue weighted by atomic mass is 127. The maximum absolute atomic E-state index is 10.7. The van der Waals surface area contributed by atoms with E-state index in [1.807, 2.05) is 26.0 Å². The maximum atomic E-state index is 10.7. The number of benzene rings is 1. The van der Waals surface area contributed by atoms with Crippen LogP contribution in [0, 0.1) is 13.8 Å². The zero-order chi connectivity index (χ0) is 20.4. The van der Waals surface area contributed by atoms with Crippen molar-refractivity contribution in [3.63, 3.8) is 0 Å². The molecule has 0 spiro atoms. The van der Waals surface area contributed by atoms with Crippen molar-refractivity contribution in [3.8, 4) is 5.75 Å². The third kappa shape index (κ3) is 10.5. The molecular formula is C21H37IN4O3. The summed E-state index contributed by atoms with van der Waals surface area (Å²) in [6.07, 6.45) is 0. The Bertz CT molecular complexity index is 614. The first-order valence-electron chi connectivity index (χ1n) is 10.1. The number of aliphatic imine (C=N–C) groups is 1. The molecule has 1 atom stereocenters. The van der Waals surface area contributed by atoms with Gasteiger partial charge in [-0.3, -0.25) is 9.89 Å². The number of guanidine groups is 1. The zero-order valence-electron chi connectivity index (χ0n) is 18.2. The van der Waals surface area contributed by atoms with Crippen LogP contribution in [-0.4, -0.2) is 80.7 Å². The molecule has 1 fully saturated rings. The lowest BCUT2D eigenvalue weighted by Crippen LogP contribution is -2.48. The summed E-state index contributed by atoms with van der Waals surface area (Å²) in [5, 5.41) is 17.2. The van der Waals surface area contributed by atoms with Gasteiger partial charge in [-0.1, -0.05) is 6.07 Å². The van der Waals surface area contributed by atoms with E-state index < -0.39 is 5.60 Å². The van der Waals surface area contributed by atoms with Crippen LogP contribution in [-0.2, 0) is 4.74 Å². The molecule has 1 aliphatic rings. The summed E-state index contributed by atoms with van der Waals surface area (Å²) in [6, 6.07) is 6.20. The van der Waals surface area contributed by atoms with Crippen molar-refractivity contribution in [1.29, 1.82) is 0 Å². The van der Waals surface area contributed by atoms with Crippen LogP contribution in [0.3, 0.4) is 0 Å². The molecule has 0 amide bonds. The van der Waals surface area contributed by atoms with Crippen LogP contribution in [0.1, 0.15) is 25.0 Å². The SMILES string of the molecule is CCNC(=NCC(C)(O)CN1CCOCC1)NCCOc1cc(C)cc(C)c1.I. The molecule has 1 aromatic carbocycles. The number of β-amino-alcohol motifs (C(OH)–C–C–N with tert-alkyl or cyclic N) is 1. The van der Waals surface area contributed by atoms with Crippen molar-refractivity contribution in [2.24, 2.45) is 4.99 Å². The summed E-state index contributed by atoms with van der Waals surface area (Å²) in [7, 11) is 0. The van der Waals surface area contributed by atoms with Crippen LogP contribution in [0.15, 0.2) is 23.2 Å². The number of morpholine rings is 1.